The number of aryl methyl sites for hydroxylation is 1. The van der Waals surface area contributed by atoms with Crippen molar-refractivity contribution in [1.82, 2.24) is 10.1 Å². The number of benzene rings is 2. The van der Waals surface area contributed by atoms with Gasteiger partial charge >= 0.3 is 0 Å². The maximum atomic E-state index is 13.6. The highest BCUT2D eigenvalue weighted by Gasteiger charge is 2.24. The van der Waals surface area contributed by atoms with E-state index in [1.807, 2.05) is 43.3 Å². The Hall–Kier alpha value is -3.52. The van der Waals surface area contributed by atoms with E-state index in [0.29, 0.717) is 23.4 Å². The number of fused-ring (bicyclic) bond motifs is 1. The Balaban J connectivity index is 1.71. The first-order valence-electron chi connectivity index (χ1n) is 9.20. The molecule has 0 amide bonds. The van der Waals surface area contributed by atoms with Crippen molar-refractivity contribution in [2.45, 2.75) is 26.2 Å². The zero-order valence-corrected chi connectivity index (χ0v) is 16.0. The average Bonchev–Trinajstić information content (AvgIpc) is 3.10. The minimum absolute atomic E-state index is 0.0134. The van der Waals surface area contributed by atoms with Crippen molar-refractivity contribution < 1.29 is 13.3 Å². The Morgan fingerprint density at radius 3 is 2.66 bits per heavy atom. The number of rotatable bonds is 3. The van der Waals surface area contributed by atoms with Gasteiger partial charge in [0.2, 0.25) is 0 Å². The molecule has 0 radical (unpaired) electrons. The third-order valence-electron chi connectivity index (χ3n) is 4.71. The monoisotopic (exact) mass is 388 g/mol. The molecule has 0 saturated heterocycles. The molecule has 0 atom stereocenters. The van der Waals surface area contributed by atoms with Crippen LogP contribution in [0.25, 0.3) is 11.0 Å². The summed E-state index contributed by atoms with van der Waals surface area (Å²) < 4.78 is 32.9. The summed E-state index contributed by atoms with van der Waals surface area (Å²) >= 11 is 0. The zero-order valence-electron chi connectivity index (χ0n) is 16.0. The van der Waals surface area contributed by atoms with Crippen molar-refractivity contribution >= 4 is 11.0 Å². The largest absolute Gasteiger partial charge is 0.355 e. The van der Waals surface area contributed by atoms with E-state index in [1.54, 1.807) is 12.3 Å². The third-order valence-corrected chi connectivity index (χ3v) is 4.71. The standard InChI is InChI=1S/C24H18F2N2O/c1-16-9-11-21-22(15-17-6-5-7-18(14-17)24(2,25)26)28-29-23(21)20(16)12-10-19-8-3-4-13-27-19/h3-9,11,13-14H,15H2,1-2H3. The molecule has 2 aromatic carbocycles. The first kappa shape index (κ1) is 18.8. The van der Waals surface area contributed by atoms with Crippen LogP contribution in [-0.2, 0) is 12.3 Å². The minimum Gasteiger partial charge on any atom is -0.355 e. The lowest BCUT2D eigenvalue weighted by Gasteiger charge is -2.11. The van der Waals surface area contributed by atoms with Gasteiger partial charge < -0.3 is 4.52 Å². The summed E-state index contributed by atoms with van der Waals surface area (Å²) in [5.74, 6) is 3.30. The zero-order chi connectivity index (χ0) is 20.4. The van der Waals surface area contributed by atoms with E-state index < -0.39 is 5.92 Å². The summed E-state index contributed by atoms with van der Waals surface area (Å²) in [5.41, 5.74) is 4.41. The van der Waals surface area contributed by atoms with Crippen molar-refractivity contribution in [2.24, 2.45) is 0 Å². The van der Waals surface area contributed by atoms with Crippen LogP contribution in [0.15, 0.2) is 65.3 Å². The fourth-order valence-electron chi connectivity index (χ4n) is 3.15. The molecule has 0 spiro atoms. The quantitative estimate of drug-likeness (QED) is 0.427. The van der Waals surface area contributed by atoms with Gasteiger partial charge in [-0.15, -0.1) is 0 Å². The van der Waals surface area contributed by atoms with Crippen LogP contribution in [0.4, 0.5) is 8.78 Å². The van der Waals surface area contributed by atoms with Crippen LogP contribution in [0.5, 0.6) is 0 Å². The molecule has 0 saturated carbocycles. The first-order chi connectivity index (χ1) is 13.9. The lowest BCUT2D eigenvalue weighted by Crippen LogP contribution is -2.07. The maximum absolute atomic E-state index is 13.6. The van der Waals surface area contributed by atoms with Crippen molar-refractivity contribution in [3.8, 4) is 11.8 Å². The summed E-state index contributed by atoms with van der Waals surface area (Å²) in [7, 11) is 0. The van der Waals surface area contributed by atoms with Gasteiger partial charge in [-0.2, -0.15) is 0 Å². The molecule has 29 heavy (non-hydrogen) atoms. The van der Waals surface area contributed by atoms with Crippen LogP contribution in [0.2, 0.25) is 0 Å². The number of pyridine rings is 1. The van der Waals surface area contributed by atoms with Gasteiger partial charge in [-0.3, -0.25) is 0 Å². The fraction of sp³-hybridized carbons (Fsp3) is 0.167. The van der Waals surface area contributed by atoms with Crippen LogP contribution >= 0.6 is 0 Å². The highest BCUT2D eigenvalue weighted by atomic mass is 19.3. The molecular formula is C24H18F2N2O. The molecular weight excluding hydrogens is 370 g/mol. The highest BCUT2D eigenvalue weighted by molar-refractivity contribution is 5.86. The summed E-state index contributed by atoms with van der Waals surface area (Å²) in [6, 6.07) is 15.8. The maximum Gasteiger partial charge on any atom is 0.270 e. The lowest BCUT2D eigenvalue weighted by atomic mass is 10.00. The number of alkyl halides is 2. The molecule has 5 heteroatoms. The average molecular weight is 388 g/mol. The van der Waals surface area contributed by atoms with Gasteiger partial charge in [0.15, 0.2) is 5.58 Å². The first-order valence-corrected chi connectivity index (χ1v) is 9.20. The van der Waals surface area contributed by atoms with E-state index in [0.717, 1.165) is 29.0 Å². The van der Waals surface area contributed by atoms with Crippen LogP contribution in [0.1, 0.15) is 40.6 Å². The minimum atomic E-state index is -2.88. The Morgan fingerprint density at radius 2 is 1.90 bits per heavy atom. The van der Waals surface area contributed by atoms with Gasteiger partial charge in [-0.05, 0) is 48.2 Å². The molecule has 2 heterocycles. The molecule has 0 aliphatic heterocycles. The number of hydrogen-bond acceptors (Lipinski definition) is 3. The second-order valence-electron chi connectivity index (χ2n) is 6.99. The topological polar surface area (TPSA) is 38.9 Å². The van der Waals surface area contributed by atoms with E-state index in [-0.39, 0.29) is 5.56 Å². The van der Waals surface area contributed by atoms with E-state index in [1.165, 1.54) is 12.1 Å². The molecule has 0 aliphatic rings. The number of hydrogen-bond donors (Lipinski definition) is 0. The molecule has 144 valence electrons. The van der Waals surface area contributed by atoms with Crippen molar-refractivity contribution in [3.05, 3.63) is 94.4 Å². The van der Waals surface area contributed by atoms with Crippen LogP contribution in [0.3, 0.4) is 0 Å². The Morgan fingerprint density at radius 1 is 1.03 bits per heavy atom. The summed E-state index contributed by atoms with van der Waals surface area (Å²) in [4.78, 5) is 4.21. The fourth-order valence-corrected chi connectivity index (χ4v) is 3.15. The molecule has 0 N–H and O–H groups in total. The van der Waals surface area contributed by atoms with E-state index in [2.05, 4.69) is 22.0 Å². The van der Waals surface area contributed by atoms with Crippen molar-refractivity contribution in [3.63, 3.8) is 0 Å². The van der Waals surface area contributed by atoms with Crippen LogP contribution < -0.4 is 0 Å². The van der Waals surface area contributed by atoms with Gasteiger partial charge in [-0.1, -0.05) is 41.4 Å². The van der Waals surface area contributed by atoms with Crippen molar-refractivity contribution in [2.75, 3.05) is 0 Å². The van der Waals surface area contributed by atoms with Crippen molar-refractivity contribution in [1.29, 1.82) is 0 Å². The van der Waals surface area contributed by atoms with Gasteiger partial charge in [0.25, 0.3) is 5.92 Å². The highest BCUT2D eigenvalue weighted by Crippen LogP contribution is 2.29. The second-order valence-corrected chi connectivity index (χ2v) is 6.99. The lowest BCUT2D eigenvalue weighted by molar-refractivity contribution is 0.0174. The molecule has 0 fully saturated rings. The summed E-state index contributed by atoms with van der Waals surface area (Å²) in [6.07, 6.45) is 2.09. The van der Waals surface area contributed by atoms with Gasteiger partial charge in [0.05, 0.1) is 11.3 Å². The predicted octanol–water partition coefficient (Wildman–Crippen LogP) is 5.63. The molecule has 2 aromatic heterocycles. The Bertz CT molecular complexity index is 1230. The molecule has 0 aliphatic carbocycles. The molecule has 0 unspecified atom stereocenters. The summed E-state index contributed by atoms with van der Waals surface area (Å²) in [5, 5.41) is 5.02. The van der Waals surface area contributed by atoms with E-state index >= 15 is 0 Å². The summed E-state index contributed by atoms with van der Waals surface area (Å²) in [6.45, 7) is 2.85. The van der Waals surface area contributed by atoms with E-state index in [9.17, 15) is 8.78 Å². The third kappa shape index (κ3) is 4.02. The molecule has 4 rings (SSSR count). The second kappa shape index (κ2) is 7.48. The Labute approximate surface area is 167 Å². The van der Waals surface area contributed by atoms with Gasteiger partial charge in [0, 0.05) is 30.5 Å². The van der Waals surface area contributed by atoms with Gasteiger partial charge in [-0.25, -0.2) is 13.8 Å². The van der Waals surface area contributed by atoms with Crippen LogP contribution in [0, 0.1) is 18.8 Å². The SMILES string of the molecule is Cc1ccc2c(Cc3cccc(C(C)(F)F)c3)noc2c1C#Cc1ccccn1. The predicted molar refractivity (Wildman–Crippen MR) is 108 cm³/mol. The molecule has 0 bridgehead atoms. The van der Waals surface area contributed by atoms with E-state index in [4.69, 9.17) is 4.52 Å². The number of nitrogens with zero attached hydrogens (tertiary/aromatic N) is 2. The van der Waals surface area contributed by atoms with Crippen LogP contribution in [-0.4, -0.2) is 10.1 Å². The number of aromatic nitrogens is 2. The van der Waals surface area contributed by atoms with Gasteiger partial charge in [0.1, 0.15) is 5.69 Å². The molecule has 3 nitrogen and oxygen atoms in total. The number of halogens is 2. The normalized spacial score (nSPS) is 11.3. The Kier molecular flexibility index (Phi) is 4.85. The smallest absolute Gasteiger partial charge is 0.270 e. The molecule has 4 aromatic rings.